The Morgan fingerprint density at radius 3 is 2.41 bits per heavy atom. The first-order valence-corrected chi connectivity index (χ1v) is 14.1. The Morgan fingerprint density at radius 2 is 1.87 bits per heavy atom. The summed E-state index contributed by atoms with van der Waals surface area (Å²) < 4.78 is 0. The summed E-state index contributed by atoms with van der Waals surface area (Å²) in [5.41, 5.74) is 10.3. The fourth-order valence-corrected chi connectivity index (χ4v) is 5.92. The van der Waals surface area contributed by atoms with Crippen molar-refractivity contribution in [3.8, 4) is 10.4 Å². The van der Waals surface area contributed by atoms with Gasteiger partial charge in [-0.3, -0.25) is 9.59 Å². The molecule has 10 nitrogen and oxygen atoms in total. The second-order valence-electron chi connectivity index (χ2n) is 11.5. The number of rotatable bonds is 9. The summed E-state index contributed by atoms with van der Waals surface area (Å²) in [6.45, 7) is 8.06. The maximum atomic E-state index is 13.8. The first-order valence-electron chi connectivity index (χ1n) is 13.2. The van der Waals surface area contributed by atoms with Gasteiger partial charge in [0.25, 0.3) is 0 Å². The number of carbonyl (C=O) groups is 3. The molecule has 2 aromatic rings. The van der Waals surface area contributed by atoms with Crippen molar-refractivity contribution < 1.29 is 19.5 Å². The van der Waals surface area contributed by atoms with Gasteiger partial charge < -0.3 is 26.1 Å². The smallest absolute Gasteiger partial charge is 0.330 e. The van der Waals surface area contributed by atoms with E-state index < -0.39 is 35.4 Å². The predicted molar refractivity (Wildman–Crippen MR) is 150 cm³/mol. The van der Waals surface area contributed by atoms with Crippen molar-refractivity contribution >= 4 is 29.1 Å². The van der Waals surface area contributed by atoms with Crippen LogP contribution in [0.2, 0.25) is 0 Å². The molecule has 2 amide bonds. The summed E-state index contributed by atoms with van der Waals surface area (Å²) in [6, 6.07) is 4.26. The number of nitrogens with zero attached hydrogens (tertiary/aromatic N) is 3. The average molecular weight is 555 g/mol. The number of aryl methyl sites for hydroxylation is 1. The van der Waals surface area contributed by atoms with E-state index in [0.717, 1.165) is 29.0 Å². The number of nitrogens with two attached hydrogens (primary N) is 2. The molecule has 210 valence electrons. The Balaban J connectivity index is 1.51. The second kappa shape index (κ2) is 11.4. The normalized spacial score (nSPS) is 19.5. The lowest BCUT2D eigenvalue weighted by Crippen LogP contribution is -2.58. The van der Waals surface area contributed by atoms with Gasteiger partial charge in [-0.15, -0.1) is 11.3 Å². The molecule has 1 aromatic heterocycles. The number of aliphatic carboxylic acids is 1. The average Bonchev–Trinajstić information content (AvgIpc) is 3.44. The standard InChI is InChI=1S/C28H38N6O4S/c1-16-23(39-15-31-16)19-11-9-18(10-12-19)22(27(37)38)32-25(35)21-6-5-13-33(21)26(36)24(28(2,3)4)34(30)14-20(29)17-7-8-17/h9-12,14-15,17,21-22,24H,5-8,13,29-30H2,1-4H3,(H,32,35)(H,37,38)/b20-14-. The van der Waals surface area contributed by atoms with Crippen LogP contribution >= 0.6 is 11.3 Å². The summed E-state index contributed by atoms with van der Waals surface area (Å²) in [7, 11) is 0. The number of carboxylic acid groups (broad SMARTS) is 1. The zero-order chi connectivity index (χ0) is 28.5. The molecule has 1 saturated carbocycles. The number of allylic oxidation sites excluding steroid dienone is 1. The molecule has 0 spiro atoms. The van der Waals surface area contributed by atoms with Crippen LogP contribution in [0.4, 0.5) is 0 Å². The Kier molecular flexibility index (Phi) is 8.31. The fourth-order valence-electron chi connectivity index (χ4n) is 5.11. The van der Waals surface area contributed by atoms with Gasteiger partial charge in [0.15, 0.2) is 6.04 Å². The number of amides is 2. The summed E-state index contributed by atoms with van der Waals surface area (Å²) in [6.07, 6.45) is 4.73. The third-order valence-electron chi connectivity index (χ3n) is 7.32. The molecule has 4 rings (SSSR count). The third-order valence-corrected chi connectivity index (χ3v) is 8.30. The number of likely N-dealkylation sites (tertiary alicyclic amines) is 1. The van der Waals surface area contributed by atoms with Crippen LogP contribution in [0.25, 0.3) is 10.4 Å². The number of thiazole rings is 1. The van der Waals surface area contributed by atoms with Gasteiger partial charge in [-0.2, -0.15) is 0 Å². The van der Waals surface area contributed by atoms with Crippen LogP contribution < -0.4 is 16.9 Å². The fraction of sp³-hybridized carbons (Fsp3) is 0.500. The topological polar surface area (TPSA) is 155 Å². The van der Waals surface area contributed by atoms with E-state index in [2.05, 4.69) is 10.3 Å². The highest BCUT2D eigenvalue weighted by Crippen LogP contribution is 2.35. The summed E-state index contributed by atoms with van der Waals surface area (Å²) in [4.78, 5) is 46.2. The van der Waals surface area contributed by atoms with Gasteiger partial charge in [-0.05, 0) is 49.1 Å². The van der Waals surface area contributed by atoms with Crippen LogP contribution in [-0.2, 0) is 14.4 Å². The second-order valence-corrected chi connectivity index (χ2v) is 12.3. The van der Waals surface area contributed by atoms with Crippen LogP contribution in [0, 0.1) is 18.3 Å². The number of carbonyl (C=O) groups excluding carboxylic acids is 2. The van der Waals surface area contributed by atoms with Crippen LogP contribution in [-0.4, -0.2) is 56.4 Å². The van der Waals surface area contributed by atoms with Crippen molar-refractivity contribution in [1.82, 2.24) is 20.2 Å². The van der Waals surface area contributed by atoms with E-state index >= 15 is 0 Å². The molecule has 3 unspecified atom stereocenters. The molecule has 2 aliphatic rings. The van der Waals surface area contributed by atoms with E-state index in [1.54, 1.807) is 23.8 Å². The first-order chi connectivity index (χ1) is 18.4. The first kappa shape index (κ1) is 28.6. The zero-order valence-electron chi connectivity index (χ0n) is 22.9. The van der Waals surface area contributed by atoms with Gasteiger partial charge in [-0.25, -0.2) is 15.6 Å². The lowest BCUT2D eigenvalue weighted by Gasteiger charge is -2.39. The molecular weight excluding hydrogens is 516 g/mol. The zero-order valence-corrected chi connectivity index (χ0v) is 23.7. The number of benzene rings is 1. The van der Waals surface area contributed by atoms with Gasteiger partial charge in [0.1, 0.15) is 12.1 Å². The van der Waals surface area contributed by atoms with Crippen molar-refractivity contribution in [3.05, 3.63) is 52.9 Å². The quantitative estimate of drug-likeness (QED) is 0.272. The van der Waals surface area contributed by atoms with Gasteiger partial charge in [0.05, 0.1) is 16.1 Å². The number of carboxylic acids is 1. The van der Waals surface area contributed by atoms with Crippen LogP contribution in [0.5, 0.6) is 0 Å². The van der Waals surface area contributed by atoms with Gasteiger partial charge in [0.2, 0.25) is 11.8 Å². The summed E-state index contributed by atoms with van der Waals surface area (Å²) in [5.74, 6) is 4.70. The van der Waals surface area contributed by atoms with Gasteiger partial charge in [0, 0.05) is 24.4 Å². The number of nitrogens with one attached hydrogen (secondary N) is 1. The Bertz CT molecular complexity index is 1250. The maximum absolute atomic E-state index is 13.8. The number of aromatic nitrogens is 1. The highest BCUT2D eigenvalue weighted by atomic mass is 32.1. The molecule has 2 fully saturated rings. The van der Waals surface area contributed by atoms with E-state index in [4.69, 9.17) is 11.6 Å². The van der Waals surface area contributed by atoms with Crippen molar-refractivity contribution in [2.45, 2.75) is 71.5 Å². The monoisotopic (exact) mass is 554 g/mol. The van der Waals surface area contributed by atoms with Crippen molar-refractivity contribution in [1.29, 1.82) is 0 Å². The van der Waals surface area contributed by atoms with Crippen LogP contribution in [0.15, 0.2) is 41.7 Å². The molecule has 6 N–H and O–H groups in total. The molecule has 11 heteroatoms. The van der Waals surface area contributed by atoms with E-state index in [-0.39, 0.29) is 5.91 Å². The molecule has 1 aliphatic heterocycles. The molecule has 3 atom stereocenters. The molecule has 0 radical (unpaired) electrons. The SMILES string of the molecule is Cc1ncsc1-c1ccc(C(NC(=O)C2CCCN2C(=O)C(N(N)/C=C(\N)C2CC2)C(C)(C)C)C(=O)O)cc1. The Labute approximate surface area is 233 Å². The molecule has 1 saturated heterocycles. The highest BCUT2D eigenvalue weighted by Gasteiger charge is 2.44. The molecule has 1 aliphatic carbocycles. The Morgan fingerprint density at radius 1 is 1.21 bits per heavy atom. The lowest BCUT2D eigenvalue weighted by atomic mass is 9.85. The van der Waals surface area contributed by atoms with Crippen molar-refractivity contribution in [2.24, 2.45) is 22.9 Å². The molecule has 2 heterocycles. The Hall–Kier alpha value is -3.44. The molecular formula is C28H38N6O4S. The number of hydrogen-bond acceptors (Lipinski definition) is 8. The van der Waals surface area contributed by atoms with Gasteiger partial charge >= 0.3 is 5.97 Å². The minimum absolute atomic E-state index is 0.279. The van der Waals surface area contributed by atoms with E-state index in [1.165, 1.54) is 21.2 Å². The minimum atomic E-state index is -1.25. The third kappa shape index (κ3) is 6.42. The molecule has 0 bridgehead atoms. The van der Waals surface area contributed by atoms with E-state index in [0.29, 0.717) is 36.6 Å². The summed E-state index contributed by atoms with van der Waals surface area (Å²) >= 11 is 1.51. The predicted octanol–water partition coefficient (Wildman–Crippen LogP) is 3.15. The van der Waals surface area contributed by atoms with Crippen LogP contribution in [0.1, 0.15) is 63.8 Å². The minimum Gasteiger partial charge on any atom is -0.479 e. The largest absolute Gasteiger partial charge is 0.479 e. The van der Waals surface area contributed by atoms with Crippen molar-refractivity contribution in [3.63, 3.8) is 0 Å². The van der Waals surface area contributed by atoms with E-state index in [1.807, 2.05) is 39.8 Å². The lowest BCUT2D eigenvalue weighted by molar-refractivity contribution is -0.147. The summed E-state index contributed by atoms with van der Waals surface area (Å²) in [5, 5.41) is 14.0. The van der Waals surface area contributed by atoms with Crippen LogP contribution in [0.3, 0.4) is 0 Å². The molecule has 1 aromatic carbocycles. The number of hydrogen-bond donors (Lipinski definition) is 4. The van der Waals surface area contributed by atoms with E-state index in [9.17, 15) is 19.5 Å². The van der Waals surface area contributed by atoms with Crippen molar-refractivity contribution in [2.75, 3.05) is 6.54 Å². The maximum Gasteiger partial charge on any atom is 0.330 e. The number of hydrazine groups is 1. The van der Waals surface area contributed by atoms with Gasteiger partial charge in [-0.1, -0.05) is 45.0 Å². The molecule has 39 heavy (non-hydrogen) atoms. The highest BCUT2D eigenvalue weighted by molar-refractivity contribution is 7.13.